The molecule has 3 nitrogen and oxygen atoms in total. The van der Waals surface area contributed by atoms with E-state index in [9.17, 15) is 9.90 Å². The summed E-state index contributed by atoms with van der Waals surface area (Å²) in [6, 6.07) is 18.0. The first-order valence-corrected chi connectivity index (χ1v) is 7.68. The van der Waals surface area contributed by atoms with Crippen LogP contribution in [0.3, 0.4) is 0 Å². The summed E-state index contributed by atoms with van der Waals surface area (Å²) in [6.45, 7) is 2.98. The Morgan fingerprint density at radius 3 is 2.41 bits per heavy atom. The van der Waals surface area contributed by atoms with E-state index in [0.717, 1.165) is 12.0 Å². The average Bonchev–Trinajstić information content (AvgIpc) is 2.54. The minimum Gasteiger partial charge on any atom is -0.395 e. The number of rotatable bonds is 7. The standard InChI is InChI=1S/C19H23NO2/c1-16-7-5-6-10-18(16)11-12-19(22)20(13-14-21)15-17-8-3-2-4-9-17/h2-10,21H,11-15H2,1H3. The molecule has 0 atom stereocenters. The number of aryl methyl sites for hydroxylation is 2. The van der Waals surface area contributed by atoms with Crippen LogP contribution in [-0.2, 0) is 17.8 Å². The smallest absolute Gasteiger partial charge is 0.223 e. The number of carbonyl (C=O) groups excluding carboxylic acids is 1. The van der Waals surface area contributed by atoms with E-state index in [1.165, 1.54) is 11.1 Å². The molecule has 0 radical (unpaired) electrons. The van der Waals surface area contributed by atoms with Gasteiger partial charge in [0.05, 0.1) is 6.61 Å². The van der Waals surface area contributed by atoms with E-state index in [4.69, 9.17) is 0 Å². The molecule has 2 aromatic carbocycles. The molecule has 0 saturated carbocycles. The molecule has 0 aromatic heterocycles. The molecule has 0 bridgehead atoms. The van der Waals surface area contributed by atoms with Gasteiger partial charge in [0.1, 0.15) is 0 Å². The third-order valence-corrected chi connectivity index (χ3v) is 3.81. The van der Waals surface area contributed by atoms with Crippen molar-refractivity contribution in [2.75, 3.05) is 13.2 Å². The lowest BCUT2D eigenvalue weighted by Gasteiger charge is -2.22. The van der Waals surface area contributed by atoms with Crippen molar-refractivity contribution in [3.63, 3.8) is 0 Å². The summed E-state index contributed by atoms with van der Waals surface area (Å²) in [5.41, 5.74) is 3.51. The number of hydrogen-bond acceptors (Lipinski definition) is 2. The third kappa shape index (κ3) is 4.71. The van der Waals surface area contributed by atoms with Crippen LogP contribution in [0.1, 0.15) is 23.1 Å². The van der Waals surface area contributed by atoms with Crippen LogP contribution in [0.25, 0.3) is 0 Å². The number of aliphatic hydroxyl groups is 1. The monoisotopic (exact) mass is 297 g/mol. The lowest BCUT2D eigenvalue weighted by atomic mass is 10.0. The van der Waals surface area contributed by atoms with Crippen LogP contribution in [0, 0.1) is 6.92 Å². The van der Waals surface area contributed by atoms with Gasteiger partial charge in [0, 0.05) is 19.5 Å². The first-order chi connectivity index (χ1) is 10.7. The molecule has 1 amide bonds. The van der Waals surface area contributed by atoms with Crippen molar-refractivity contribution in [2.45, 2.75) is 26.3 Å². The van der Waals surface area contributed by atoms with Gasteiger partial charge in [-0.2, -0.15) is 0 Å². The molecular formula is C19H23NO2. The van der Waals surface area contributed by atoms with Crippen LogP contribution in [0.5, 0.6) is 0 Å². The predicted molar refractivity (Wildman–Crippen MR) is 88.4 cm³/mol. The predicted octanol–water partition coefficient (Wildman–Crippen LogP) is 2.95. The molecule has 3 heteroatoms. The Balaban J connectivity index is 1.96. The molecular weight excluding hydrogens is 274 g/mol. The van der Waals surface area contributed by atoms with Crippen molar-refractivity contribution in [2.24, 2.45) is 0 Å². The van der Waals surface area contributed by atoms with Gasteiger partial charge in [-0.05, 0) is 30.0 Å². The molecule has 0 unspecified atom stereocenters. The molecule has 2 aromatic rings. The lowest BCUT2D eigenvalue weighted by molar-refractivity contribution is -0.132. The van der Waals surface area contributed by atoms with Crippen molar-refractivity contribution in [1.82, 2.24) is 4.90 Å². The second-order valence-corrected chi connectivity index (χ2v) is 5.45. The second kappa shape index (κ2) is 8.35. The van der Waals surface area contributed by atoms with Crippen molar-refractivity contribution in [3.05, 3.63) is 71.3 Å². The first kappa shape index (κ1) is 16.2. The van der Waals surface area contributed by atoms with Gasteiger partial charge in [-0.3, -0.25) is 4.79 Å². The average molecular weight is 297 g/mol. The SMILES string of the molecule is Cc1ccccc1CCC(=O)N(CCO)Cc1ccccc1. The van der Waals surface area contributed by atoms with Crippen LogP contribution in [0.4, 0.5) is 0 Å². The summed E-state index contributed by atoms with van der Waals surface area (Å²) >= 11 is 0. The summed E-state index contributed by atoms with van der Waals surface area (Å²) < 4.78 is 0. The fraction of sp³-hybridized carbons (Fsp3) is 0.316. The minimum atomic E-state index is -0.0110. The highest BCUT2D eigenvalue weighted by Gasteiger charge is 2.13. The van der Waals surface area contributed by atoms with Crippen LogP contribution < -0.4 is 0 Å². The minimum absolute atomic E-state index is 0.0110. The molecule has 0 aliphatic rings. The maximum absolute atomic E-state index is 12.4. The highest BCUT2D eigenvalue weighted by atomic mass is 16.3. The number of amides is 1. The Labute approximate surface area is 132 Å². The number of hydrogen-bond donors (Lipinski definition) is 1. The maximum Gasteiger partial charge on any atom is 0.223 e. The van der Waals surface area contributed by atoms with E-state index >= 15 is 0 Å². The van der Waals surface area contributed by atoms with E-state index in [2.05, 4.69) is 19.1 Å². The van der Waals surface area contributed by atoms with Crippen molar-refractivity contribution in [1.29, 1.82) is 0 Å². The molecule has 22 heavy (non-hydrogen) atoms. The lowest BCUT2D eigenvalue weighted by Crippen LogP contribution is -2.33. The van der Waals surface area contributed by atoms with E-state index in [1.807, 2.05) is 42.5 Å². The van der Waals surface area contributed by atoms with E-state index in [0.29, 0.717) is 19.5 Å². The van der Waals surface area contributed by atoms with Gasteiger partial charge in [-0.1, -0.05) is 54.6 Å². The third-order valence-electron chi connectivity index (χ3n) is 3.81. The molecule has 0 saturated heterocycles. The number of nitrogens with zero attached hydrogens (tertiary/aromatic N) is 1. The highest BCUT2D eigenvalue weighted by molar-refractivity contribution is 5.76. The normalized spacial score (nSPS) is 10.5. The highest BCUT2D eigenvalue weighted by Crippen LogP contribution is 2.12. The fourth-order valence-electron chi connectivity index (χ4n) is 2.51. The Hall–Kier alpha value is -2.13. The van der Waals surface area contributed by atoms with Crippen molar-refractivity contribution in [3.8, 4) is 0 Å². The zero-order valence-electron chi connectivity index (χ0n) is 13.0. The maximum atomic E-state index is 12.4. The summed E-state index contributed by atoms with van der Waals surface area (Å²) in [4.78, 5) is 14.2. The van der Waals surface area contributed by atoms with E-state index < -0.39 is 0 Å². The molecule has 2 rings (SSSR count). The number of aliphatic hydroxyl groups excluding tert-OH is 1. The van der Waals surface area contributed by atoms with Gasteiger partial charge in [-0.25, -0.2) is 0 Å². The summed E-state index contributed by atoms with van der Waals surface area (Å²) in [5, 5.41) is 9.20. The Morgan fingerprint density at radius 2 is 1.73 bits per heavy atom. The zero-order chi connectivity index (χ0) is 15.8. The van der Waals surface area contributed by atoms with Gasteiger partial charge in [0.25, 0.3) is 0 Å². The summed E-state index contributed by atoms with van der Waals surface area (Å²) in [5.74, 6) is 0.0844. The van der Waals surface area contributed by atoms with Crippen LogP contribution in [0.15, 0.2) is 54.6 Å². The quantitative estimate of drug-likeness (QED) is 0.853. The molecule has 116 valence electrons. The van der Waals surface area contributed by atoms with Crippen LogP contribution >= 0.6 is 0 Å². The molecule has 1 N–H and O–H groups in total. The molecule has 0 aliphatic carbocycles. The van der Waals surface area contributed by atoms with Crippen LogP contribution in [0.2, 0.25) is 0 Å². The van der Waals surface area contributed by atoms with Crippen molar-refractivity contribution < 1.29 is 9.90 Å². The largest absolute Gasteiger partial charge is 0.395 e. The van der Waals surface area contributed by atoms with E-state index in [1.54, 1.807) is 4.90 Å². The van der Waals surface area contributed by atoms with Gasteiger partial charge < -0.3 is 10.0 Å². The topological polar surface area (TPSA) is 40.5 Å². The Bertz CT molecular complexity index is 595. The van der Waals surface area contributed by atoms with Gasteiger partial charge in [0.15, 0.2) is 0 Å². The Morgan fingerprint density at radius 1 is 1.05 bits per heavy atom. The van der Waals surface area contributed by atoms with Crippen LogP contribution in [-0.4, -0.2) is 29.1 Å². The number of carbonyl (C=O) groups is 1. The molecule has 0 aliphatic heterocycles. The van der Waals surface area contributed by atoms with Gasteiger partial charge in [0.2, 0.25) is 5.91 Å². The fourth-order valence-corrected chi connectivity index (χ4v) is 2.51. The van der Waals surface area contributed by atoms with Crippen molar-refractivity contribution >= 4 is 5.91 Å². The van der Waals surface area contributed by atoms with E-state index in [-0.39, 0.29) is 12.5 Å². The molecule has 0 heterocycles. The van der Waals surface area contributed by atoms with Gasteiger partial charge >= 0.3 is 0 Å². The summed E-state index contributed by atoms with van der Waals surface area (Å²) in [6.07, 6.45) is 1.21. The first-order valence-electron chi connectivity index (χ1n) is 7.68. The zero-order valence-corrected chi connectivity index (χ0v) is 13.0. The second-order valence-electron chi connectivity index (χ2n) is 5.45. The molecule has 0 spiro atoms. The van der Waals surface area contributed by atoms with Gasteiger partial charge in [-0.15, -0.1) is 0 Å². The Kier molecular flexibility index (Phi) is 6.16. The number of benzene rings is 2. The molecule has 0 fully saturated rings. The summed E-state index contributed by atoms with van der Waals surface area (Å²) in [7, 11) is 0.